The molecule has 0 atom stereocenters. The van der Waals surface area contributed by atoms with Gasteiger partial charge in [-0.05, 0) is 29.8 Å². The zero-order chi connectivity index (χ0) is 16.9. The van der Waals surface area contributed by atoms with Gasteiger partial charge < -0.3 is 19.1 Å². The number of carbonyl (C=O) groups excluding carboxylic acids is 1. The lowest BCUT2D eigenvalue weighted by molar-refractivity contribution is -0.125. The summed E-state index contributed by atoms with van der Waals surface area (Å²) in [5.41, 5.74) is 1.85. The van der Waals surface area contributed by atoms with E-state index >= 15 is 0 Å². The van der Waals surface area contributed by atoms with Gasteiger partial charge in [0.25, 0.3) is 0 Å². The second-order valence-corrected chi connectivity index (χ2v) is 5.46. The van der Waals surface area contributed by atoms with Crippen LogP contribution in [0.25, 0.3) is 6.08 Å². The summed E-state index contributed by atoms with van der Waals surface area (Å²) in [5, 5.41) is 0. The normalized spacial score (nSPS) is 12.4. The van der Waals surface area contributed by atoms with E-state index in [0.29, 0.717) is 6.54 Å². The molecule has 2 aromatic rings. The van der Waals surface area contributed by atoms with Crippen LogP contribution in [0.4, 0.5) is 0 Å². The molecule has 2 aromatic carbocycles. The van der Waals surface area contributed by atoms with Gasteiger partial charge in [0.15, 0.2) is 11.5 Å². The molecular formula is C19H19NO4. The molecule has 5 heteroatoms. The Kier molecular flexibility index (Phi) is 4.70. The molecule has 0 aromatic heterocycles. The fraction of sp³-hybridized carbons (Fsp3) is 0.211. The number of ether oxygens (including phenoxy) is 3. The molecule has 0 aliphatic carbocycles. The highest BCUT2D eigenvalue weighted by molar-refractivity contribution is 5.92. The molecule has 0 spiro atoms. The van der Waals surface area contributed by atoms with Crippen LogP contribution in [0.5, 0.6) is 17.2 Å². The largest absolute Gasteiger partial charge is 0.496 e. The molecule has 0 fully saturated rings. The van der Waals surface area contributed by atoms with E-state index in [1.807, 2.05) is 42.5 Å². The number of amides is 1. The van der Waals surface area contributed by atoms with Gasteiger partial charge in [-0.1, -0.05) is 24.3 Å². The Morgan fingerprint density at radius 2 is 2.00 bits per heavy atom. The molecule has 0 radical (unpaired) electrons. The first-order chi connectivity index (χ1) is 11.7. The molecule has 1 heterocycles. The monoisotopic (exact) mass is 325 g/mol. The first-order valence-electron chi connectivity index (χ1n) is 7.62. The summed E-state index contributed by atoms with van der Waals surface area (Å²) < 4.78 is 15.9. The number of carbonyl (C=O) groups is 1. The van der Waals surface area contributed by atoms with Gasteiger partial charge in [0, 0.05) is 25.2 Å². The molecule has 0 N–H and O–H groups in total. The van der Waals surface area contributed by atoms with Crippen LogP contribution in [-0.2, 0) is 11.3 Å². The predicted molar refractivity (Wildman–Crippen MR) is 91.1 cm³/mol. The Morgan fingerprint density at radius 3 is 2.83 bits per heavy atom. The summed E-state index contributed by atoms with van der Waals surface area (Å²) in [6.45, 7) is 0.737. The van der Waals surface area contributed by atoms with Gasteiger partial charge >= 0.3 is 0 Å². The lowest BCUT2D eigenvalue weighted by atomic mass is 10.1. The van der Waals surface area contributed by atoms with Crippen LogP contribution >= 0.6 is 0 Å². The fourth-order valence-corrected chi connectivity index (χ4v) is 2.48. The minimum atomic E-state index is -0.0847. The van der Waals surface area contributed by atoms with E-state index in [1.165, 1.54) is 0 Å². The number of rotatable bonds is 5. The molecule has 0 bridgehead atoms. The van der Waals surface area contributed by atoms with Gasteiger partial charge in [-0.15, -0.1) is 0 Å². The molecule has 1 aliphatic heterocycles. The maximum absolute atomic E-state index is 12.3. The van der Waals surface area contributed by atoms with E-state index in [0.717, 1.165) is 28.4 Å². The summed E-state index contributed by atoms with van der Waals surface area (Å²) in [6, 6.07) is 13.3. The minimum Gasteiger partial charge on any atom is -0.496 e. The van der Waals surface area contributed by atoms with E-state index in [1.54, 1.807) is 31.2 Å². The first-order valence-corrected chi connectivity index (χ1v) is 7.62. The topological polar surface area (TPSA) is 48.0 Å². The third-order valence-corrected chi connectivity index (χ3v) is 3.78. The average Bonchev–Trinajstić information content (AvgIpc) is 3.07. The van der Waals surface area contributed by atoms with Crippen molar-refractivity contribution in [1.82, 2.24) is 4.90 Å². The second kappa shape index (κ2) is 7.08. The van der Waals surface area contributed by atoms with Crippen LogP contribution in [-0.4, -0.2) is 31.8 Å². The number of benzene rings is 2. The standard InChI is InChI=1S/C19H19NO4/c1-20(12-14-7-9-17-18(11-14)24-13-23-17)19(21)10-8-15-5-3-4-6-16(15)22-2/h3-11H,12-13H2,1-2H3/b10-8+. The third-order valence-electron chi connectivity index (χ3n) is 3.78. The smallest absolute Gasteiger partial charge is 0.246 e. The maximum Gasteiger partial charge on any atom is 0.246 e. The Morgan fingerprint density at radius 1 is 1.21 bits per heavy atom. The number of hydrogen-bond acceptors (Lipinski definition) is 4. The summed E-state index contributed by atoms with van der Waals surface area (Å²) in [5.74, 6) is 2.11. The third kappa shape index (κ3) is 3.51. The Labute approximate surface area is 141 Å². The number of likely N-dealkylation sites (N-methyl/N-ethyl adjacent to an activating group) is 1. The SMILES string of the molecule is COc1ccccc1/C=C/C(=O)N(C)Cc1ccc2c(c1)OCO2. The number of hydrogen-bond donors (Lipinski definition) is 0. The van der Waals surface area contributed by atoms with Crippen molar-refractivity contribution in [2.24, 2.45) is 0 Å². The average molecular weight is 325 g/mol. The Balaban J connectivity index is 1.65. The summed E-state index contributed by atoms with van der Waals surface area (Å²) in [7, 11) is 3.37. The molecule has 0 saturated heterocycles. The molecule has 1 aliphatic rings. The predicted octanol–water partition coefficient (Wildman–Crippen LogP) is 3.10. The quantitative estimate of drug-likeness (QED) is 0.793. The van der Waals surface area contributed by atoms with Crippen LogP contribution < -0.4 is 14.2 Å². The molecule has 1 amide bonds. The molecule has 24 heavy (non-hydrogen) atoms. The van der Waals surface area contributed by atoms with E-state index in [4.69, 9.17) is 14.2 Å². The van der Waals surface area contributed by atoms with Crippen LogP contribution in [0.3, 0.4) is 0 Å². The number of fused-ring (bicyclic) bond motifs is 1. The van der Waals surface area contributed by atoms with Crippen LogP contribution in [0.15, 0.2) is 48.5 Å². The van der Waals surface area contributed by atoms with Crippen molar-refractivity contribution in [3.63, 3.8) is 0 Å². The van der Waals surface area contributed by atoms with Gasteiger partial charge in [-0.25, -0.2) is 0 Å². The lowest BCUT2D eigenvalue weighted by Gasteiger charge is -2.15. The summed E-state index contributed by atoms with van der Waals surface area (Å²) in [6.07, 6.45) is 3.31. The molecule has 124 valence electrons. The highest BCUT2D eigenvalue weighted by Crippen LogP contribution is 2.32. The van der Waals surface area contributed by atoms with Crippen molar-refractivity contribution in [3.8, 4) is 17.2 Å². The van der Waals surface area contributed by atoms with E-state index in [2.05, 4.69) is 0 Å². The van der Waals surface area contributed by atoms with Gasteiger partial charge in [-0.3, -0.25) is 4.79 Å². The van der Waals surface area contributed by atoms with E-state index in [9.17, 15) is 4.79 Å². The van der Waals surface area contributed by atoms with Crippen molar-refractivity contribution in [2.45, 2.75) is 6.54 Å². The van der Waals surface area contributed by atoms with Crippen LogP contribution in [0, 0.1) is 0 Å². The Hall–Kier alpha value is -2.95. The Bertz CT molecular complexity index is 770. The molecule has 3 rings (SSSR count). The second-order valence-electron chi connectivity index (χ2n) is 5.46. The summed E-state index contributed by atoms with van der Waals surface area (Å²) >= 11 is 0. The molecular weight excluding hydrogens is 306 g/mol. The van der Waals surface area contributed by atoms with Crippen molar-refractivity contribution >= 4 is 12.0 Å². The molecule has 5 nitrogen and oxygen atoms in total. The highest BCUT2D eigenvalue weighted by atomic mass is 16.7. The number of nitrogens with zero attached hydrogens (tertiary/aromatic N) is 1. The highest BCUT2D eigenvalue weighted by Gasteiger charge is 2.14. The van der Waals surface area contributed by atoms with Crippen LogP contribution in [0.1, 0.15) is 11.1 Å². The minimum absolute atomic E-state index is 0.0847. The lowest BCUT2D eigenvalue weighted by Crippen LogP contribution is -2.24. The number of methoxy groups -OCH3 is 1. The van der Waals surface area contributed by atoms with E-state index in [-0.39, 0.29) is 12.7 Å². The summed E-state index contributed by atoms with van der Waals surface area (Å²) in [4.78, 5) is 13.9. The van der Waals surface area contributed by atoms with Crippen LogP contribution in [0.2, 0.25) is 0 Å². The van der Waals surface area contributed by atoms with Crippen molar-refractivity contribution < 1.29 is 19.0 Å². The van der Waals surface area contributed by atoms with Gasteiger partial charge in [0.05, 0.1) is 7.11 Å². The van der Waals surface area contributed by atoms with E-state index < -0.39 is 0 Å². The molecule has 0 saturated carbocycles. The first kappa shape index (κ1) is 15.9. The van der Waals surface area contributed by atoms with Gasteiger partial charge in [-0.2, -0.15) is 0 Å². The zero-order valence-corrected chi connectivity index (χ0v) is 13.7. The van der Waals surface area contributed by atoms with Crippen molar-refractivity contribution in [2.75, 3.05) is 21.0 Å². The zero-order valence-electron chi connectivity index (χ0n) is 13.7. The van der Waals surface area contributed by atoms with Gasteiger partial charge in [0.2, 0.25) is 12.7 Å². The van der Waals surface area contributed by atoms with Crippen molar-refractivity contribution in [1.29, 1.82) is 0 Å². The number of para-hydroxylation sites is 1. The van der Waals surface area contributed by atoms with Gasteiger partial charge in [0.1, 0.15) is 5.75 Å². The molecule has 0 unspecified atom stereocenters. The van der Waals surface area contributed by atoms with Crippen molar-refractivity contribution in [3.05, 3.63) is 59.7 Å². The fourth-order valence-electron chi connectivity index (χ4n) is 2.48. The maximum atomic E-state index is 12.3.